The first kappa shape index (κ1) is 14.1. The molecule has 0 aromatic heterocycles. The van der Waals surface area contributed by atoms with Crippen LogP contribution >= 0.6 is 11.8 Å². The fraction of sp³-hybridized carbons (Fsp3) is 0.462. The Balaban J connectivity index is 2.43. The highest BCUT2D eigenvalue weighted by atomic mass is 32.2. The molecule has 1 N–H and O–H groups in total. The number of carbonyl (C=O) groups is 1. The molecule has 0 aliphatic heterocycles. The molecule has 1 unspecified atom stereocenters. The van der Waals surface area contributed by atoms with E-state index < -0.39 is 0 Å². The summed E-state index contributed by atoms with van der Waals surface area (Å²) in [4.78, 5) is 12.1. The van der Waals surface area contributed by atoms with Gasteiger partial charge in [-0.1, -0.05) is 12.1 Å². The molecular formula is C13H19NO2S. The lowest BCUT2D eigenvalue weighted by molar-refractivity contribution is -0.140. The van der Waals surface area contributed by atoms with Crippen LogP contribution in [0.4, 0.5) is 0 Å². The van der Waals surface area contributed by atoms with Crippen LogP contribution in [0.2, 0.25) is 0 Å². The zero-order valence-electron chi connectivity index (χ0n) is 10.5. The minimum Gasteiger partial charge on any atom is -0.469 e. The van der Waals surface area contributed by atoms with Crippen molar-refractivity contribution >= 4 is 17.7 Å². The number of ether oxygens (including phenoxy) is 1. The number of carbonyl (C=O) groups excluding carboxylic acids is 1. The van der Waals surface area contributed by atoms with E-state index in [0.29, 0.717) is 12.5 Å². The van der Waals surface area contributed by atoms with Gasteiger partial charge in [0.25, 0.3) is 0 Å². The molecule has 0 amide bonds. The molecule has 1 aromatic carbocycles. The van der Waals surface area contributed by atoms with Gasteiger partial charge in [0.2, 0.25) is 0 Å². The summed E-state index contributed by atoms with van der Waals surface area (Å²) < 4.78 is 4.59. The predicted octanol–water partition coefficient (Wildman–Crippen LogP) is 2.62. The summed E-state index contributed by atoms with van der Waals surface area (Å²) >= 11 is 1.67. The zero-order chi connectivity index (χ0) is 12.7. The van der Waals surface area contributed by atoms with Crippen molar-refractivity contribution < 1.29 is 9.53 Å². The quantitative estimate of drug-likeness (QED) is 0.625. The SMILES string of the molecule is CNC(C)c1ccc(SCCC(=O)OC)cc1. The van der Waals surface area contributed by atoms with Crippen LogP contribution in [0.15, 0.2) is 29.2 Å². The number of rotatable bonds is 6. The molecule has 94 valence electrons. The molecule has 1 atom stereocenters. The molecule has 17 heavy (non-hydrogen) atoms. The molecule has 0 bridgehead atoms. The van der Waals surface area contributed by atoms with E-state index in [9.17, 15) is 4.79 Å². The van der Waals surface area contributed by atoms with Gasteiger partial charge in [-0.3, -0.25) is 4.79 Å². The first-order valence-electron chi connectivity index (χ1n) is 5.64. The van der Waals surface area contributed by atoms with Crippen molar-refractivity contribution in [3.8, 4) is 0 Å². The molecule has 0 saturated heterocycles. The highest BCUT2D eigenvalue weighted by Gasteiger charge is 2.03. The van der Waals surface area contributed by atoms with Gasteiger partial charge in [-0.15, -0.1) is 11.8 Å². The van der Waals surface area contributed by atoms with Crippen LogP contribution < -0.4 is 5.32 Å². The number of esters is 1. The third kappa shape index (κ3) is 4.79. The molecule has 1 aromatic rings. The van der Waals surface area contributed by atoms with Gasteiger partial charge in [-0.25, -0.2) is 0 Å². The molecule has 0 radical (unpaired) electrons. The first-order valence-corrected chi connectivity index (χ1v) is 6.62. The molecule has 0 heterocycles. The number of hydrogen-bond acceptors (Lipinski definition) is 4. The molecule has 0 aliphatic carbocycles. The Kier molecular flexibility index (Phi) is 6.08. The molecule has 0 aliphatic rings. The van der Waals surface area contributed by atoms with Crippen molar-refractivity contribution in [2.24, 2.45) is 0 Å². The molecule has 0 fully saturated rings. The average Bonchev–Trinajstić information content (AvgIpc) is 2.38. The molecule has 1 rings (SSSR count). The van der Waals surface area contributed by atoms with Crippen LogP contribution in [0, 0.1) is 0 Å². The standard InChI is InChI=1S/C13H19NO2S/c1-10(14-2)11-4-6-12(7-5-11)17-9-8-13(15)16-3/h4-7,10,14H,8-9H2,1-3H3. The summed E-state index contributed by atoms with van der Waals surface area (Å²) in [6.07, 6.45) is 0.454. The Bertz CT molecular complexity index is 351. The number of nitrogens with one attached hydrogen (secondary N) is 1. The van der Waals surface area contributed by atoms with Gasteiger partial charge in [0, 0.05) is 16.7 Å². The highest BCUT2D eigenvalue weighted by molar-refractivity contribution is 7.99. The molecule has 0 spiro atoms. The minimum atomic E-state index is -0.155. The summed E-state index contributed by atoms with van der Waals surface area (Å²) in [5.74, 6) is 0.603. The maximum atomic E-state index is 10.9. The van der Waals surface area contributed by atoms with Gasteiger partial charge in [-0.2, -0.15) is 0 Å². The molecule has 3 nitrogen and oxygen atoms in total. The van der Waals surface area contributed by atoms with Gasteiger partial charge in [0.1, 0.15) is 0 Å². The van der Waals surface area contributed by atoms with Crippen LogP contribution in [0.1, 0.15) is 24.9 Å². The van der Waals surface area contributed by atoms with Crippen LogP contribution in [-0.4, -0.2) is 25.9 Å². The van der Waals surface area contributed by atoms with Crippen molar-refractivity contribution in [2.45, 2.75) is 24.3 Å². The maximum absolute atomic E-state index is 10.9. The van der Waals surface area contributed by atoms with E-state index >= 15 is 0 Å². The van der Waals surface area contributed by atoms with E-state index in [4.69, 9.17) is 0 Å². The van der Waals surface area contributed by atoms with Crippen molar-refractivity contribution in [1.82, 2.24) is 5.32 Å². The normalized spacial score (nSPS) is 12.2. The summed E-state index contributed by atoms with van der Waals surface area (Å²) in [5.41, 5.74) is 1.27. The second kappa shape index (κ2) is 7.35. The fourth-order valence-electron chi connectivity index (χ4n) is 1.37. The lowest BCUT2D eigenvalue weighted by atomic mass is 10.1. The number of thioether (sulfide) groups is 1. The monoisotopic (exact) mass is 253 g/mol. The van der Waals surface area contributed by atoms with E-state index in [0.717, 1.165) is 5.75 Å². The highest BCUT2D eigenvalue weighted by Crippen LogP contribution is 2.21. The molecule has 4 heteroatoms. The second-order valence-electron chi connectivity index (χ2n) is 3.75. The largest absolute Gasteiger partial charge is 0.469 e. The second-order valence-corrected chi connectivity index (χ2v) is 4.92. The molecule has 0 saturated carbocycles. The van der Waals surface area contributed by atoms with E-state index in [1.165, 1.54) is 17.6 Å². The third-order valence-electron chi connectivity index (χ3n) is 2.62. The van der Waals surface area contributed by atoms with Gasteiger partial charge in [-0.05, 0) is 31.7 Å². The van der Waals surface area contributed by atoms with Crippen molar-refractivity contribution in [1.29, 1.82) is 0 Å². The van der Waals surface area contributed by atoms with E-state index in [1.807, 2.05) is 7.05 Å². The van der Waals surface area contributed by atoms with Crippen LogP contribution in [-0.2, 0) is 9.53 Å². The lowest BCUT2D eigenvalue weighted by Crippen LogP contribution is -2.11. The topological polar surface area (TPSA) is 38.3 Å². The van der Waals surface area contributed by atoms with E-state index in [2.05, 4.69) is 41.2 Å². The smallest absolute Gasteiger partial charge is 0.306 e. The average molecular weight is 253 g/mol. The van der Waals surface area contributed by atoms with Crippen LogP contribution in [0.25, 0.3) is 0 Å². The van der Waals surface area contributed by atoms with Gasteiger partial charge >= 0.3 is 5.97 Å². The van der Waals surface area contributed by atoms with Crippen molar-refractivity contribution in [2.75, 3.05) is 19.9 Å². The zero-order valence-corrected chi connectivity index (χ0v) is 11.3. The van der Waals surface area contributed by atoms with Gasteiger partial charge < -0.3 is 10.1 Å². The Morgan fingerprint density at radius 3 is 2.59 bits per heavy atom. The minimum absolute atomic E-state index is 0.155. The molecular weight excluding hydrogens is 234 g/mol. The van der Waals surface area contributed by atoms with Crippen molar-refractivity contribution in [3.63, 3.8) is 0 Å². The number of benzene rings is 1. The summed E-state index contributed by atoms with van der Waals surface area (Å²) in [6, 6.07) is 8.77. The van der Waals surface area contributed by atoms with Crippen LogP contribution in [0.5, 0.6) is 0 Å². The Hall–Kier alpha value is -1.00. The summed E-state index contributed by atoms with van der Waals surface area (Å²) in [5, 5.41) is 3.20. The fourth-order valence-corrected chi connectivity index (χ4v) is 2.21. The Labute approximate surface area is 107 Å². The maximum Gasteiger partial charge on any atom is 0.306 e. The van der Waals surface area contributed by atoms with E-state index in [-0.39, 0.29) is 5.97 Å². The Morgan fingerprint density at radius 2 is 2.06 bits per heavy atom. The van der Waals surface area contributed by atoms with Gasteiger partial charge in [0.15, 0.2) is 0 Å². The summed E-state index contributed by atoms with van der Waals surface area (Å²) in [7, 11) is 3.37. The van der Waals surface area contributed by atoms with Gasteiger partial charge in [0.05, 0.1) is 13.5 Å². The summed E-state index contributed by atoms with van der Waals surface area (Å²) in [6.45, 7) is 2.12. The lowest BCUT2D eigenvalue weighted by Gasteiger charge is -2.10. The third-order valence-corrected chi connectivity index (χ3v) is 3.63. The van der Waals surface area contributed by atoms with Crippen LogP contribution in [0.3, 0.4) is 0 Å². The predicted molar refractivity (Wildman–Crippen MR) is 71.3 cm³/mol. The van der Waals surface area contributed by atoms with E-state index in [1.54, 1.807) is 11.8 Å². The number of methoxy groups -OCH3 is 1. The first-order chi connectivity index (χ1) is 8.17. The van der Waals surface area contributed by atoms with Crippen molar-refractivity contribution in [3.05, 3.63) is 29.8 Å². The number of hydrogen-bond donors (Lipinski definition) is 1. The Morgan fingerprint density at radius 1 is 1.41 bits per heavy atom.